The lowest BCUT2D eigenvalue weighted by molar-refractivity contribution is 0.108. The molecule has 154 valence electrons. The maximum Gasteiger partial charge on any atom is 0.130 e. The van der Waals surface area contributed by atoms with E-state index in [1.165, 1.54) is 10.9 Å². The number of aliphatic hydroxyl groups is 1. The summed E-state index contributed by atoms with van der Waals surface area (Å²) >= 11 is 0. The Morgan fingerprint density at radius 1 is 1.00 bits per heavy atom. The van der Waals surface area contributed by atoms with E-state index in [9.17, 15) is 5.11 Å². The first-order valence-corrected chi connectivity index (χ1v) is 10.2. The second-order valence-corrected chi connectivity index (χ2v) is 7.63. The summed E-state index contributed by atoms with van der Waals surface area (Å²) in [4.78, 5) is 6.40. The zero-order valence-corrected chi connectivity index (χ0v) is 17.2. The average Bonchev–Trinajstić information content (AvgIpc) is 3.16. The number of benzene rings is 2. The number of nitrogens with zero attached hydrogens (tertiary/aromatic N) is 3. The molecule has 4 rings (SSSR count). The first kappa shape index (κ1) is 20.1. The molecule has 1 atom stereocenters. The molecule has 2 aromatic carbocycles. The van der Waals surface area contributed by atoms with Crippen molar-refractivity contribution in [1.82, 2.24) is 14.5 Å². The lowest BCUT2D eigenvalue weighted by atomic mass is 10.2. The Morgan fingerprint density at radius 2 is 1.80 bits per heavy atom. The van der Waals surface area contributed by atoms with Gasteiger partial charge in [-0.1, -0.05) is 36.4 Å². The number of para-hydroxylation sites is 1. The van der Waals surface area contributed by atoms with Crippen molar-refractivity contribution in [1.29, 1.82) is 0 Å². The van der Waals surface area contributed by atoms with Gasteiger partial charge in [-0.15, -0.1) is 0 Å². The van der Waals surface area contributed by atoms with E-state index < -0.39 is 6.10 Å². The Hall–Kier alpha value is -3.15. The molecular weight excluding hydrogens is 374 g/mol. The van der Waals surface area contributed by atoms with Crippen molar-refractivity contribution in [3.8, 4) is 5.75 Å². The fraction of sp³-hybridized carbons (Fsp3) is 0.240. The second kappa shape index (κ2) is 9.57. The van der Waals surface area contributed by atoms with Crippen LogP contribution in [-0.2, 0) is 19.7 Å². The van der Waals surface area contributed by atoms with Crippen LogP contribution in [0.5, 0.6) is 5.75 Å². The molecule has 2 heterocycles. The maximum atomic E-state index is 10.6. The first-order chi connectivity index (χ1) is 14.7. The number of likely N-dealkylation sites (N-methyl/N-ethyl adjacent to an activating group) is 1. The topological polar surface area (TPSA) is 50.5 Å². The molecule has 4 aromatic rings. The lowest BCUT2D eigenvalue weighted by Gasteiger charge is -2.21. The predicted octanol–water partition coefficient (Wildman–Crippen LogP) is 4.11. The lowest BCUT2D eigenvalue weighted by Crippen LogP contribution is -2.31. The standard InChI is InChI=1S/C25H27N3O2/c1-27(17-23(29)18-28-15-13-21-6-2-3-8-25(21)28)16-20-9-11-24(12-10-20)30-19-22-7-4-5-14-26-22/h2-15,23,29H,16-19H2,1H3. The maximum absolute atomic E-state index is 10.6. The number of pyridine rings is 1. The van der Waals surface area contributed by atoms with E-state index in [4.69, 9.17) is 4.74 Å². The number of aliphatic hydroxyl groups excluding tert-OH is 1. The Kier molecular flexibility index (Phi) is 6.42. The second-order valence-electron chi connectivity index (χ2n) is 7.63. The molecule has 0 amide bonds. The SMILES string of the molecule is CN(Cc1ccc(OCc2ccccn2)cc1)CC(O)Cn1ccc2ccccc21. The monoisotopic (exact) mass is 401 g/mol. The summed E-state index contributed by atoms with van der Waals surface area (Å²) in [5.41, 5.74) is 3.24. The van der Waals surface area contributed by atoms with E-state index in [0.29, 0.717) is 19.7 Å². The average molecular weight is 402 g/mol. The highest BCUT2D eigenvalue weighted by Gasteiger charge is 2.11. The van der Waals surface area contributed by atoms with E-state index >= 15 is 0 Å². The van der Waals surface area contributed by atoms with Gasteiger partial charge in [0, 0.05) is 37.5 Å². The Labute approximate surface area is 177 Å². The van der Waals surface area contributed by atoms with Crippen molar-refractivity contribution >= 4 is 10.9 Å². The fourth-order valence-electron chi connectivity index (χ4n) is 3.65. The molecule has 1 unspecified atom stereocenters. The minimum absolute atomic E-state index is 0.438. The molecule has 0 aliphatic rings. The van der Waals surface area contributed by atoms with E-state index in [0.717, 1.165) is 23.5 Å². The Bertz CT molecular complexity index is 1060. The molecule has 0 bridgehead atoms. The molecule has 0 aliphatic heterocycles. The van der Waals surface area contributed by atoms with E-state index in [1.54, 1.807) is 6.20 Å². The number of aromatic nitrogens is 2. The third-order valence-electron chi connectivity index (χ3n) is 5.10. The fourth-order valence-corrected chi connectivity index (χ4v) is 3.65. The van der Waals surface area contributed by atoms with Gasteiger partial charge in [-0.2, -0.15) is 0 Å². The number of rotatable bonds is 9. The van der Waals surface area contributed by atoms with Crippen molar-refractivity contribution in [2.45, 2.75) is 25.8 Å². The summed E-state index contributed by atoms with van der Waals surface area (Å²) in [6.45, 7) is 2.41. The highest BCUT2D eigenvalue weighted by molar-refractivity contribution is 5.79. The van der Waals surface area contributed by atoms with Crippen LogP contribution in [0.4, 0.5) is 0 Å². The number of hydrogen-bond acceptors (Lipinski definition) is 4. The van der Waals surface area contributed by atoms with Gasteiger partial charge in [-0.3, -0.25) is 9.88 Å². The molecule has 0 spiro atoms. The molecule has 5 nitrogen and oxygen atoms in total. The van der Waals surface area contributed by atoms with Crippen LogP contribution < -0.4 is 4.74 Å². The van der Waals surface area contributed by atoms with Gasteiger partial charge in [-0.05, 0) is 54.4 Å². The Morgan fingerprint density at radius 3 is 2.60 bits per heavy atom. The molecule has 1 N–H and O–H groups in total. The van der Waals surface area contributed by atoms with Gasteiger partial charge >= 0.3 is 0 Å². The molecular formula is C25H27N3O2. The van der Waals surface area contributed by atoms with Gasteiger partial charge in [0.2, 0.25) is 0 Å². The molecule has 0 saturated carbocycles. The Balaban J connectivity index is 1.26. The zero-order valence-electron chi connectivity index (χ0n) is 17.2. The van der Waals surface area contributed by atoms with Crippen LogP contribution in [0.25, 0.3) is 10.9 Å². The van der Waals surface area contributed by atoms with Gasteiger partial charge in [0.1, 0.15) is 12.4 Å². The summed E-state index contributed by atoms with van der Waals surface area (Å²) in [6.07, 6.45) is 3.37. The summed E-state index contributed by atoms with van der Waals surface area (Å²) in [5, 5.41) is 11.8. The van der Waals surface area contributed by atoms with Gasteiger partial charge in [-0.25, -0.2) is 0 Å². The van der Waals surface area contributed by atoms with Crippen LogP contribution in [0, 0.1) is 0 Å². The smallest absolute Gasteiger partial charge is 0.130 e. The predicted molar refractivity (Wildman–Crippen MR) is 119 cm³/mol. The molecule has 5 heteroatoms. The zero-order chi connectivity index (χ0) is 20.8. The van der Waals surface area contributed by atoms with Crippen molar-refractivity contribution in [3.05, 3.63) is 96.4 Å². The van der Waals surface area contributed by atoms with Gasteiger partial charge in [0.05, 0.1) is 11.8 Å². The number of fused-ring (bicyclic) bond motifs is 1. The minimum atomic E-state index is -0.438. The normalized spacial score (nSPS) is 12.4. The first-order valence-electron chi connectivity index (χ1n) is 10.2. The highest BCUT2D eigenvalue weighted by atomic mass is 16.5. The van der Waals surface area contributed by atoms with Crippen molar-refractivity contribution in [2.75, 3.05) is 13.6 Å². The molecule has 0 saturated heterocycles. The van der Waals surface area contributed by atoms with E-state index in [2.05, 4.69) is 44.8 Å². The van der Waals surface area contributed by atoms with Gasteiger partial charge < -0.3 is 14.4 Å². The van der Waals surface area contributed by atoms with E-state index in [1.807, 2.05) is 55.7 Å². The number of ether oxygens (including phenoxy) is 1. The molecule has 30 heavy (non-hydrogen) atoms. The van der Waals surface area contributed by atoms with Gasteiger partial charge in [0.15, 0.2) is 0 Å². The summed E-state index contributed by atoms with van der Waals surface area (Å²) in [6, 6.07) is 24.2. The van der Waals surface area contributed by atoms with Crippen LogP contribution in [0.15, 0.2) is 85.2 Å². The molecule has 2 aromatic heterocycles. The largest absolute Gasteiger partial charge is 0.487 e. The van der Waals surface area contributed by atoms with Crippen molar-refractivity contribution in [2.24, 2.45) is 0 Å². The number of hydrogen-bond donors (Lipinski definition) is 1. The summed E-state index contributed by atoms with van der Waals surface area (Å²) in [5.74, 6) is 0.826. The third-order valence-corrected chi connectivity index (χ3v) is 5.10. The summed E-state index contributed by atoms with van der Waals surface area (Å²) in [7, 11) is 2.03. The minimum Gasteiger partial charge on any atom is -0.487 e. The van der Waals surface area contributed by atoms with Crippen LogP contribution in [-0.4, -0.2) is 39.3 Å². The quantitative estimate of drug-likeness (QED) is 0.459. The van der Waals surface area contributed by atoms with Crippen molar-refractivity contribution < 1.29 is 9.84 Å². The van der Waals surface area contributed by atoms with E-state index in [-0.39, 0.29) is 0 Å². The molecule has 0 aliphatic carbocycles. The molecule has 0 radical (unpaired) electrons. The van der Waals surface area contributed by atoms with Crippen LogP contribution in [0.3, 0.4) is 0 Å². The third kappa shape index (κ3) is 5.26. The summed E-state index contributed by atoms with van der Waals surface area (Å²) < 4.78 is 7.90. The van der Waals surface area contributed by atoms with Crippen molar-refractivity contribution in [3.63, 3.8) is 0 Å². The van der Waals surface area contributed by atoms with Gasteiger partial charge in [0.25, 0.3) is 0 Å². The highest BCUT2D eigenvalue weighted by Crippen LogP contribution is 2.17. The molecule has 0 fully saturated rings. The van der Waals surface area contributed by atoms with Crippen LogP contribution in [0.2, 0.25) is 0 Å². The van der Waals surface area contributed by atoms with Crippen LogP contribution in [0.1, 0.15) is 11.3 Å². The van der Waals surface area contributed by atoms with Crippen LogP contribution >= 0.6 is 0 Å².